The molecular weight excluding hydrogens is 840 g/mol. The molecule has 51 heavy (non-hydrogen) atoms. The Balaban J connectivity index is 0.000000205. The van der Waals surface area contributed by atoms with Crippen LogP contribution in [0.1, 0.15) is 43.0 Å². The van der Waals surface area contributed by atoms with Crippen molar-refractivity contribution in [1.82, 2.24) is 9.97 Å². The fourth-order valence-electron chi connectivity index (χ4n) is 6.85. The monoisotopic (exact) mass is 885 g/mol. The number of hydrogen-bond acceptors (Lipinski definition) is 3. The van der Waals surface area contributed by atoms with E-state index in [4.69, 9.17) is 4.98 Å². The van der Waals surface area contributed by atoms with Crippen LogP contribution in [0.3, 0.4) is 0 Å². The van der Waals surface area contributed by atoms with Crippen LogP contribution in [0.25, 0.3) is 53.8 Å². The third-order valence-electron chi connectivity index (χ3n) is 8.88. The quantitative estimate of drug-likeness (QED) is 0.127. The van der Waals surface area contributed by atoms with Gasteiger partial charge >= 0.3 is 0 Å². The van der Waals surface area contributed by atoms with Crippen LogP contribution >= 0.6 is 11.3 Å². The summed E-state index contributed by atoms with van der Waals surface area (Å²) >= 11 is 1.60. The van der Waals surface area contributed by atoms with E-state index in [0.717, 1.165) is 54.7 Å². The van der Waals surface area contributed by atoms with E-state index >= 15 is 0 Å². The molecule has 0 saturated heterocycles. The van der Waals surface area contributed by atoms with Gasteiger partial charge in [0.2, 0.25) is 0 Å². The summed E-state index contributed by atoms with van der Waals surface area (Å²) in [6, 6.07) is 34.6. The van der Waals surface area contributed by atoms with E-state index in [1.165, 1.54) is 39.1 Å². The Morgan fingerprint density at radius 3 is 2.20 bits per heavy atom. The fraction of sp³-hybridized carbons (Fsp3) is 0.244. The average molecular weight is 885 g/mol. The number of hydrogen-bond donors (Lipinski definition) is 0. The van der Waals surface area contributed by atoms with Crippen molar-refractivity contribution in [3.05, 3.63) is 138 Å². The molecule has 0 amide bonds. The second-order valence-electron chi connectivity index (χ2n) is 15.5. The van der Waals surface area contributed by atoms with Crippen LogP contribution < -0.4 is 5.19 Å². The van der Waals surface area contributed by atoms with Crippen LogP contribution in [0.5, 0.6) is 0 Å². The molecule has 0 unspecified atom stereocenters. The number of aryl methyl sites for hydroxylation is 3. The molecule has 0 atom stereocenters. The van der Waals surface area contributed by atoms with E-state index in [2.05, 4.69) is 121 Å². The number of pyridine rings is 2. The zero-order chi connectivity index (χ0) is 35.8. The third kappa shape index (κ3) is 8.81. The molecule has 7 aromatic rings. The first-order chi connectivity index (χ1) is 23.7. The predicted molar refractivity (Wildman–Crippen MR) is 216 cm³/mol. The number of halogens is 1. The zero-order valence-electron chi connectivity index (χ0n) is 31.0. The Bertz CT molecular complexity index is 2290. The second kappa shape index (κ2) is 15.4. The van der Waals surface area contributed by atoms with E-state index in [0.29, 0.717) is 0 Å². The summed E-state index contributed by atoms with van der Waals surface area (Å²) in [4.78, 5) is 9.36. The van der Waals surface area contributed by atoms with Crippen molar-refractivity contribution < 1.29 is 24.5 Å². The number of thiophene rings is 1. The minimum atomic E-state index is -1.37. The number of benzene rings is 4. The molecule has 0 spiro atoms. The Labute approximate surface area is 321 Å². The van der Waals surface area contributed by atoms with Crippen molar-refractivity contribution in [3.63, 3.8) is 0 Å². The largest absolute Gasteiger partial charge is 0.305 e. The van der Waals surface area contributed by atoms with Gasteiger partial charge in [0.1, 0.15) is 5.82 Å². The van der Waals surface area contributed by atoms with Crippen LogP contribution in [-0.2, 0) is 26.5 Å². The van der Waals surface area contributed by atoms with E-state index in [1.54, 1.807) is 17.4 Å². The molecule has 0 aliphatic rings. The molecule has 4 aromatic carbocycles. The normalized spacial score (nSPS) is 11.6. The van der Waals surface area contributed by atoms with Gasteiger partial charge in [0.15, 0.2) is 0 Å². The van der Waals surface area contributed by atoms with Crippen molar-refractivity contribution in [2.75, 3.05) is 0 Å². The standard InChI is InChI=1S/C26H19FNS.C19H26NSi.Ir/c1-15-11-16(2)25(17(3)12-15)18-9-10-28-23(13-18)22-6-4-5-21-20-8-7-19(27)14-24(20)29-26(21)22;1-19(2,3)13-16-12-17(15-10-8-7-9-11-15)20-14-18(16)21(4,5)6;/h4-5,7-14H,1-3H3;7-10,12,14H,13H2,1-6H3;/q2*-1;. The number of rotatable bonds is 5. The molecule has 3 heterocycles. The first-order valence-corrected chi connectivity index (χ1v) is 21.5. The Morgan fingerprint density at radius 2 is 1.53 bits per heavy atom. The van der Waals surface area contributed by atoms with Crippen molar-refractivity contribution in [2.24, 2.45) is 5.41 Å². The molecule has 3 aromatic heterocycles. The summed E-state index contributed by atoms with van der Waals surface area (Å²) in [5.74, 6) is -0.208. The molecular formula is C45H45FIrN2SSi-2. The molecule has 7 rings (SSSR count). The van der Waals surface area contributed by atoms with Gasteiger partial charge in [-0.3, -0.25) is 0 Å². The SMILES string of the molecule is CC(C)(C)Cc1cc(-c2[c-]cccc2)ncc1[Si](C)(C)C.Cc1cc(C)c(-c2ccnc(-c3[c-]ccc4c3sc3cc(F)ccc34)c2)c(C)c1.[Ir]. The summed E-state index contributed by atoms with van der Waals surface area (Å²) in [5.41, 5.74) is 11.9. The van der Waals surface area contributed by atoms with Crippen LogP contribution in [0.2, 0.25) is 19.6 Å². The van der Waals surface area contributed by atoms with Gasteiger partial charge in [-0.1, -0.05) is 87.3 Å². The van der Waals surface area contributed by atoms with E-state index in [1.807, 2.05) is 42.6 Å². The van der Waals surface area contributed by atoms with Gasteiger partial charge < -0.3 is 9.97 Å². The summed E-state index contributed by atoms with van der Waals surface area (Å²) in [6.45, 7) is 20.5. The van der Waals surface area contributed by atoms with Crippen LogP contribution in [0, 0.1) is 44.1 Å². The van der Waals surface area contributed by atoms with Crippen molar-refractivity contribution >= 4 is 44.8 Å². The van der Waals surface area contributed by atoms with Crippen molar-refractivity contribution in [3.8, 4) is 33.6 Å². The molecule has 0 aliphatic heterocycles. The number of aromatic nitrogens is 2. The average Bonchev–Trinajstić information content (AvgIpc) is 3.41. The van der Waals surface area contributed by atoms with Crippen LogP contribution in [0.4, 0.5) is 4.39 Å². The van der Waals surface area contributed by atoms with E-state index in [-0.39, 0.29) is 31.3 Å². The van der Waals surface area contributed by atoms with Crippen molar-refractivity contribution in [2.45, 2.75) is 67.6 Å². The van der Waals surface area contributed by atoms with Gasteiger partial charge in [-0.25, -0.2) is 4.39 Å². The Morgan fingerprint density at radius 1 is 0.784 bits per heavy atom. The number of fused-ring (bicyclic) bond motifs is 3. The van der Waals surface area contributed by atoms with Gasteiger partial charge in [-0.2, -0.15) is 11.3 Å². The van der Waals surface area contributed by atoms with Gasteiger partial charge in [-0.15, -0.1) is 59.7 Å². The van der Waals surface area contributed by atoms with Gasteiger partial charge in [0.05, 0.1) is 8.07 Å². The molecule has 2 nitrogen and oxygen atoms in total. The molecule has 0 fully saturated rings. The van der Waals surface area contributed by atoms with Crippen LogP contribution in [0.15, 0.2) is 97.3 Å². The summed E-state index contributed by atoms with van der Waals surface area (Å²) in [6.07, 6.45) is 5.07. The van der Waals surface area contributed by atoms with Gasteiger partial charge in [0.25, 0.3) is 0 Å². The summed E-state index contributed by atoms with van der Waals surface area (Å²) < 4.78 is 15.8. The number of nitrogens with zero attached hydrogens (tertiary/aromatic N) is 2. The maximum Gasteiger partial charge on any atom is 0.124 e. The first-order valence-electron chi connectivity index (χ1n) is 17.2. The Kier molecular flexibility index (Phi) is 11.6. The second-order valence-corrected chi connectivity index (χ2v) is 21.6. The molecule has 0 bridgehead atoms. The van der Waals surface area contributed by atoms with Crippen LogP contribution in [-0.4, -0.2) is 18.0 Å². The third-order valence-corrected chi connectivity index (χ3v) is 12.1. The molecule has 263 valence electrons. The maximum atomic E-state index is 13.7. The topological polar surface area (TPSA) is 25.8 Å². The zero-order valence-corrected chi connectivity index (χ0v) is 35.2. The first kappa shape index (κ1) is 38.4. The molecule has 6 heteroatoms. The van der Waals surface area contributed by atoms with E-state index < -0.39 is 8.07 Å². The molecule has 1 radical (unpaired) electrons. The molecule has 0 aliphatic carbocycles. The maximum absolute atomic E-state index is 13.7. The minimum absolute atomic E-state index is 0. The Hall–Kier alpha value is -3.80. The molecule has 0 saturated carbocycles. The fourth-order valence-corrected chi connectivity index (χ4v) is 9.66. The van der Waals surface area contributed by atoms with Gasteiger partial charge in [0, 0.05) is 37.2 Å². The van der Waals surface area contributed by atoms with Gasteiger partial charge in [-0.05, 0) is 99.7 Å². The molecule has 0 N–H and O–H groups in total. The van der Waals surface area contributed by atoms with E-state index in [9.17, 15) is 4.39 Å². The summed E-state index contributed by atoms with van der Waals surface area (Å²) in [7, 11) is -1.37. The minimum Gasteiger partial charge on any atom is -0.305 e. The predicted octanol–water partition coefficient (Wildman–Crippen LogP) is 12.3. The van der Waals surface area contributed by atoms with Crippen molar-refractivity contribution in [1.29, 1.82) is 0 Å². The smallest absolute Gasteiger partial charge is 0.124 e. The summed E-state index contributed by atoms with van der Waals surface area (Å²) in [5, 5.41) is 3.67.